The van der Waals surface area contributed by atoms with Gasteiger partial charge < -0.3 is 19.9 Å². The molecule has 0 spiro atoms. The fourth-order valence-electron chi connectivity index (χ4n) is 6.20. The number of ether oxygens (including phenoxy) is 2. The maximum absolute atomic E-state index is 13.3. The molecular formula is C32H38N2O6S. The number of carbonyl (C=O) groups is 1. The number of nitrogens with one attached hydrogen (secondary N) is 1. The molecule has 2 aliphatic heterocycles. The summed E-state index contributed by atoms with van der Waals surface area (Å²) in [7, 11) is -3.72. The van der Waals surface area contributed by atoms with Crippen LogP contribution in [0.4, 0.5) is 11.4 Å². The van der Waals surface area contributed by atoms with Gasteiger partial charge in [-0.25, -0.2) is 13.2 Å². The van der Waals surface area contributed by atoms with E-state index in [2.05, 4.69) is 5.32 Å². The topological polar surface area (TPSA) is 105 Å². The van der Waals surface area contributed by atoms with Gasteiger partial charge in [0.25, 0.3) is 0 Å². The summed E-state index contributed by atoms with van der Waals surface area (Å²) in [6.07, 6.45) is -0.142. The Bertz CT molecular complexity index is 1690. The van der Waals surface area contributed by atoms with E-state index in [-0.39, 0.29) is 6.54 Å². The van der Waals surface area contributed by atoms with Gasteiger partial charge in [0, 0.05) is 17.7 Å². The standard InChI is InChI=1S/C32H38N2O6S/c1-17-10-9-11-22-23(17)16-34(41(8,37)38)29-20(4)27(30(31(35)36)40-32(5,6)7)25(19(3)26(22)29)21-12-13-24-28(18(21)2)33-14-15-39-24/h9-13,30,33H,14-16H2,1-8H3,(H,35,36)/t30-/m0/s1. The minimum atomic E-state index is -3.72. The second-order valence-corrected chi connectivity index (χ2v) is 13.9. The number of anilines is 2. The Morgan fingerprint density at radius 2 is 1.73 bits per heavy atom. The number of hydrogen-bond acceptors (Lipinski definition) is 6. The molecule has 218 valence electrons. The zero-order valence-electron chi connectivity index (χ0n) is 24.9. The van der Waals surface area contributed by atoms with Gasteiger partial charge in [-0.3, -0.25) is 4.31 Å². The number of hydrogen-bond donors (Lipinski definition) is 2. The first kappa shape index (κ1) is 29.0. The molecule has 3 aromatic rings. The van der Waals surface area contributed by atoms with Gasteiger partial charge in [0.05, 0.1) is 29.8 Å². The number of aryl methyl sites for hydroxylation is 1. The molecule has 0 unspecified atom stereocenters. The summed E-state index contributed by atoms with van der Waals surface area (Å²) in [4.78, 5) is 12.9. The van der Waals surface area contributed by atoms with Crippen molar-refractivity contribution in [1.29, 1.82) is 0 Å². The zero-order chi connectivity index (χ0) is 30.0. The fourth-order valence-corrected chi connectivity index (χ4v) is 7.12. The van der Waals surface area contributed by atoms with Crippen molar-refractivity contribution in [3.63, 3.8) is 0 Å². The van der Waals surface area contributed by atoms with Crippen molar-refractivity contribution in [2.24, 2.45) is 0 Å². The van der Waals surface area contributed by atoms with Crippen molar-refractivity contribution in [1.82, 2.24) is 0 Å². The highest BCUT2D eigenvalue weighted by molar-refractivity contribution is 7.92. The van der Waals surface area contributed by atoms with Crippen LogP contribution in [0.15, 0.2) is 30.3 Å². The van der Waals surface area contributed by atoms with Gasteiger partial charge in [-0.05, 0) is 99.0 Å². The van der Waals surface area contributed by atoms with Crippen molar-refractivity contribution in [2.45, 2.75) is 66.7 Å². The number of aliphatic carboxylic acids is 1. The van der Waals surface area contributed by atoms with Gasteiger partial charge in [0.15, 0.2) is 6.10 Å². The van der Waals surface area contributed by atoms with E-state index in [1.54, 1.807) is 0 Å². The molecule has 0 radical (unpaired) electrons. The first-order valence-corrected chi connectivity index (χ1v) is 15.6. The number of fused-ring (bicyclic) bond motifs is 4. The summed E-state index contributed by atoms with van der Waals surface area (Å²) < 4.78 is 40.1. The Morgan fingerprint density at radius 3 is 2.37 bits per heavy atom. The molecule has 0 saturated heterocycles. The van der Waals surface area contributed by atoms with Gasteiger partial charge in [0.1, 0.15) is 12.4 Å². The van der Waals surface area contributed by atoms with Crippen molar-refractivity contribution in [2.75, 3.05) is 29.0 Å². The Balaban J connectivity index is 1.97. The van der Waals surface area contributed by atoms with Crippen LogP contribution < -0.4 is 14.4 Å². The highest BCUT2D eigenvalue weighted by Crippen LogP contribution is 2.53. The summed E-state index contributed by atoms with van der Waals surface area (Å²) >= 11 is 0. The maximum atomic E-state index is 13.3. The molecule has 0 aliphatic carbocycles. The fraction of sp³-hybridized carbons (Fsp3) is 0.406. The van der Waals surface area contributed by atoms with Gasteiger partial charge in [-0.1, -0.05) is 24.3 Å². The minimum absolute atomic E-state index is 0.171. The van der Waals surface area contributed by atoms with Crippen LogP contribution in [0.25, 0.3) is 22.3 Å². The van der Waals surface area contributed by atoms with Crippen LogP contribution in [0.1, 0.15) is 60.3 Å². The Kier molecular flexibility index (Phi) is 7.11. The molecule has 41 heavy (non-hydrogen) atoms. The van der Waals surface area contributed by atoms with Gasteiger partial charge in [0.2, 0.25) is 10.0 Å². The zero-order valence-corrected chi connectivity index (χ0v) is 25.7. The van der Waals surface area contributed by atoms with Crippen molar-refractivity contribution in [3.8, 4) is 28.0 Å². The molecule has 9 heteroatoms. The monoisotopic (exact) mass is 578 g/mol. The molecule has 0 bridgehead atoms. The highest BCUT2D eigenvalue weighted by atomic mass is 32.2. The second-order valence-electron chi connectivity index (χ2n) is 12.0. The molecule has 0 fully saturated rings. The van der Waals surface area contributed by atoms with E-state index in [1.807, 2.05) is 78.8 Å². The summed E-state index contributed by atoms with van der Waals surface area (Å²) in [5.41, 5.74) is 8.57. The van der Waals surface area contributed by atoms with Gasteiger partial charge >= 0.3 is 5.97 Å². The molecular weight excluding hydrogens is 540 g/mol. The molecule has 1 atom stereocenters. The van der Waals surface area contributed by atoms with Gasteiger partial charge in [-0.2, -0.15) is 0 Å². The molecule has 0 saturated carbocycles. The van der Waals surface area contributed by atoms with Crippen molar-refractivity contribution < 1.29 is 27.8 Å². The predicted molar refractivity (Wildman–Crippen MR) is 162 cm³/mol. The first-order chi connectivity index (χ1) is 19.1. The van der Waals surface area contributed by atoms with Crippen molar-refractivity contribution >= 4 is 27.4 Å². The van der Waals surface area contributed by atoms with Crippen LogP contribution in [-0.2, 0) is 26.1 Å². The third kappa shape index (κ3) is 4.95. The average molecular weight is 579 g/mol. The van der Waals surface area contributed by atoms with E-state index in [0.29, 0.717) is 30.0 Å². The summed E-state index contributed by atoms with van der Waals surface area (Å²) in [6, 6.07) is 9.85. The second kappa shape index (κ2) is 10.1. The normalized spacial score (nSPS) is 15.3. The molecule has 2 N–H and O–H groups in total. The number of rotatable bonds is 5. The van der Waals surface area contributed by atoms with Gasteiger partial charge in [-0.15, -0.1) is 0 Å². The van der Waals surface area contributed by atoms with Crippen LogP contribution in [0, 0.1) is 27.7 Å². The first-order valence-electron chi connectivity index (χ1n) is 13.8. The third-order valence-electron chi connectivity index (χ3n) is 7.96. The Hall–Kier alpha value is -3.56. The lowest BCUT2D eigenvalue weighted by molar-refractivity contribution is -0.160. The predicted octanol–water partition coefficient (Wildman–Crippen LogP) is 6.28. The van der Waals surface area contributed by atoms with E-state index < -0.39 is 27.7 Å². The van der Waals surface area contributed by atoms with E-state index in [4.69, 9.17) is 9.47 Å². The lowest BCUT2D eigenvalue weighted by Crippen LogP contribution is -2.35. The van der Waals surface area contributed by atoms with Crippen LogP contribution in [0.3, 0.4) is 0 Å². The van der Waals surface area contributed by atoms with Crippen molar-refractivity contribution in [3.05, 3.63) is 63.7 Å². The third-order valence-corrected chi connectivity index (χ3v) is 9.07. The molecule has 2 heterocycles. The Morgan fingerprint density at radius 1 is 1.02 bits per heavy atom. The molecule has 8 nitrogen and oxygen atoms in total. The number of carboxylic acids is 1. The number of carboxylic acid groups (broad SMARTS) is 1. The van der Waals surface area contributed by atoms with E-state index in [1.165, 1.54) is 10.6 Å². The largest absolute Gasteiger partial charge is 0.490 e. The van der Waals surface area contributed by atoms with Crippen LogP contribution in [0.5, 0.6) is 5.75 Å². The lowest BCUT2D eigenvalue weighted by Gasteiger charge is -2.38. The van der Waals surface area contributed by atoms with Crippen LogP contribution >= 0.6 is 0 Å². The molecule has 5 rings (SSSR count). The van der Waals surface area contributed by atoms with E-state index in [9.17, 15) is 18.3 Å². The van der Waals surface area contributed by atoms with Crippen LogP contribution in [-0.4, -0.2) is 44.5 Å². The van der Waals surface area contributed by atoms with E-state index >= 15 is 0 Å². The SMILES string of the molecule is Cc1cccc2c1CN(S(C)(=O)=O)c1c(C)c([C@H](OC(C)(C)C)C(=O)O)c(-c3ccc4c(c3C)NCCO4)c(C)c1-2. The number of benzene rings is 3. The molecule has 0 amide bonds. The highest BCUT2D eigenvalue weighted by Gasteiger charge is 2.39. The minimum Gasteiger partial charge on any atom is -0.490 e. The number of nitrogens with zero attached hydrogens (tertiary/aromatic N) is 1. The summed E-state index contributed by atoms with van der Waals surface area (Å²) in [5, 5.41) is 14.0. The Labute approximate surface area is 242 Å². The van der Waals surface area contributed by atoms with E-state index in [0.717, 1.165) is 55.9 Å². The lowest BCUT2D eigenvalue weighted by atomic mass is 9.78. The summed E-state index contributed by atoms with van der Waals surface area (Å²) in [6.45, 7) is 14.6. The molecule has 3 aromatic carbocycles. The summed E-state index contributed by atoms with van der Waals surface area (Å²) in [5.74, 6) is -0.394. The number of sulfonamides is 1. The van der Waals surface area contributed by atoms with Crippen LogP contribution in [0.2, 0.25) is 0 Å². The molecule has 0 aromatic heterocycles. The quantitative estimate of drug-likeness (QED) is 0.367. The maximum Gasteiger partial charge on any atom is 0.337 e. The average Bonchev–Trinajstić information content (AvgIpc) is 2.88. The smallest absolute Gasteiger partial charge is 0.337 e. The molecule has 2 aliphatic rings.